The van der Waals surface area contributed by atoms with Crippen LogP contribution in [0.5, 0.6) is 0 Å². The molecule has 3 nitrogen and oxygen atoms in total. The van der Waals surface area contributed by atoms with Gasteiger partial charge in [-0.25, -0.2) is 0 Å². The van der Waals surface area contributed by atoms with Gasteiger partial charge in [-0.1, -0.05) is 0 Å². The summed E-state index contributed by atoms with van der Waals surface area (Å²) in [5, 5.41) is 3.65. The Kier molecular flexibility index (Phi) is 3.02. The molecule has 0 saturated carbocycles. The van der Waals surface area contributed by atoms with Gasteiger partial charge in [-0.15, -0.1) is 0 Å². The predicted molar refractivity (Wildman–Crippen MR) is 40.6 cm³/mol. The second-order valence-corrected chi connectivity index (χ2v) is 3.31. The molecule has 0 aromatic rings. The van der Waals surface area contributed by atoms with Gasteiger partial charge in [0.1, 0.15) is 0 Å². The first-order valence-electron chi connectivity index (χ1n) is 3.33. The van der Waals surface area contributed by atoms with Crippen molar-refractivity contribution in [1.29, 1.82) is 0 Å². The van der Waals surface area contributed by atoms with Crippen LogP contribution in [0.1, 0.15) is 13.3 Å². The second-order valence-electron chi connectivity index (χ2n) is 2.29. The summed E-state index contributed by atoms with van der Waals surface area (Å²) in [4.78, 5) is 10.3. The SMILES string of the molecule is CC(=O)OSC1CCNC1. The minimum Gasteiger partial charge on any atom is -0.391 e. The molecule has 58 valence electrons. The van der Waals surface area contributed by atoms with Crippen LogP contribution in [0.3, 0.4) is 0 Å². The molecule has 1 heterocycles. The highest BCUT2D eigenvalue weighted by molar-refractivity contribution is 7.95. The van der Waals surface area contributed by atoms with E-state index in [1.807, 2.05) is 0 Å². The summed E-state index contributed by atoms with van der Waals surface area (Å²) in [7, 11) is 0. The number of nitrogens with one attached hydrogen (secondary N) is 1. The molecule has 0 aromatic heterocycles. The lowest BCUT2D eigenvalue weighted by Crippen LogP contribution is -2.10. The van der Waals surface area contributed by atoms with Gasteiger partial charge in [0.2, 0.25) is 0 Å². The molecule has 0 aromatic carbocycles. The summed E-state index contributed by atoms with van der Waals surface area (Å²) in [5.41, 5.74) is 0. The predicted octanol–water partition coefficient (Wildman–Crippen LogP) is 0.560. The van der Waals surface area contributed by atoms with Crippen molar-refractivity contribution in [2.75, 3.05) is 13.1 Å². The minimum absolute atomic E-state index is 0.211. The van der Waals surface area contributed by atoms with Crippen LogP contribution in [-0.2, 0) is 8.98 Å². The van der Waals surface area contributed by atoms with E-state index in [0.29, 0.717) is 5.25 Å². The molecule has 0 amide bonds. The maximum atomic E-state index is 10.3. The Morgan fingerprint density at radius 1 is 1.80 bits per heavy atom. The first-order chi connectivity index (χ1) is 4.79. The number of carbonyl (C=O) groups excluding carboxylic acids is 1. The van der Waals surface area contributed by atoms with Crippen molar-refractivity contribution in [3.63, 3.8) is 0 Å². The molecule has 0 spiro atoms. The molecule has 1 aliphatic rings. The summed E-state index contributed by atoms with van der Waals surface area (Å²) < 4.78 is 4.76. The fourth-order valence-electron chi connectivity index (χ4n) is 0.846. The third-order valence-corrected chi connectivity index (χ3v) is 2.32. The van der Waals surface area contributed by atoms with Crippen LogP contribution in [0.15, 0.2) is 0 Å². The highest BCUT2D eigenvalue weighted by Gasteiger charge is 2.16. The van der Waals surface area contributed by atoms with E-state index < -0.39 is 0 Å². The van der Waals surface area contributed by atoms with Gasteiger partial charge >= 0.3 is 5.97 Å². The van der Waals surface area contributed by atoms with E-state index in [2.05, 4.69) is 5.32 Å². The van der Waals surface area contributed by atoms with Crippen LogP contribution >= 0.6 is 12.0 Å². The topological polar surface area (TPSA) is 38.3 Å². The lowest BCUT2D eigenvalue weighted by Gasteiger charge is -2.03. The highest BCUT2D eigenvalue weighted by atomic mass is 32.2. The van der Waals surface area contributed by atoms with E-state index in [1.54, 1.807) is 0 Å². The van der Waals surface area contributed by atoms with Crippen LogP contribution in [0.2, 0.25) is 0 Å². The Hall–Kier alpha value is -0.220. The summed E-state index contributed by atoms with van der Waals surface area (Å²) in [6.07, 6.45) is 1.10. The number of hydrogen-bond acceptors (Lipinski definition) is 4. The summed E-state index contributed by atoms with van der Waals surface area (Å²) in [5.74, 6) is -0.211. The molecule has 10 heavy (non-hydrogen) atoms. The van der Waals surface area contributed by atoms with Gasteiger partial charge in [-0.3, -0.25) is 4.79 Å². The van der Waals surface area contributed by atoms with Crippen molar-refractivity contribution in [3.05, 3.63) is 0 Å². The van der Waals surface area contributed by atoms with E-state index in [9.17, 15) is 4.79 Å². The number of carbonyl (C=O) groups is 1. The van der Waals surface area contributed by atoms with Gasteiger partial charge in [-0.05, 0) is 13.0 Å². The van der Waals surface area contributed by atoms with Crippen molar-refractivity contribution in [2.45, 2.75) is 18.6 Å². The second kappa shape index (κ2) is 3.83. The fourth-order valence-corrected chi connectivity index (χ4v) is 1.52. The van der Waals surface area contributed by atoms with Crippen molar-refractivity contribution < 1.29 is 8.98 Å². The van der Waals surface area contributed by atoms with E-state index >= 15 is 0 Å². The molecule has 1 aliphatic heterocycles. The molecule has 0 aliphatic carbocycles. The molecule has 1 unspecified atom stereocenters. The summed E-state index contributed by atoms with van der Waals surface area (Å²) in [6, 6.07) is 0. The first kappa shape index (κ1) is 7.88. The molecule has 1 fully saturated rings. The zero-order chi connectivity index (χ0) is 7.40. The molecule has 0 bridgehead atoms. The van der Waals surface area contributed by atoms with Gasteiger partial charge in [0.25, 0.3) is 0 Å². The van der Waals surface area contributed by atoms with Crippen LogP contribution in [-0.4, -0.2) is 24.3 Å². The van der Waals surface area contributed by atoms with Crippen molar-refractivity contribution in [2.24, 2.45) is 0 Å². The zero-order valence-corrected chi connectivity index (χ0v) is 6.74. The summed E-state index contributed by atoms with van der Waals surface area (Å²) in [6.45, 7) is 3.42. The molecule has 1 saturated heterocycles. The standard InChI is InChI=1S/C6H11NO2S/c1-5(8)9-10-6-2-3-7-4-6/h6-7H,2-4H2,1H3. The van der Waals surface area contributed by atoms with Crippen LogP contribution in [0, 0.1) is 0 Å². The lowest BCUT2D eigenvalue weighted by molar-refractivity contribution is -0.130. The smallest absolute Gasteiger partial charge is 0.314 e. The normalized spacial score (nSPS) is 24.7. The van der Waals surface area contributed by atoms with Crippen LogP contribution < -0.4 is 5.32 Å². The van der Waals surface area contributed by atoms with Gasteiger partial charge in [0.05, 0.1) is 17.3 Å². The molecule has 1 atom stereocenters. The Balaban J connectivity index is 2.07. The Bertz CT molecular complexity index is 123. The molecule has 1 rings (SSSR count). The quantitative estimate of drug-likeness (QED) is 0.600. The molecule has 0 radical (unpaired) electrons. The van der Waals surface area contributed by atoms with Gasteiger partial charge < -0.3 is 9.50 Å². The van der Waals surface area contributed by atoms with Crippen LogP contribution in [0.4, 0.5) is 0 Å². The van der Waals surface area contributed by atoms with Crippen molar-refractivity contribution in [1.82, 2.24) is 5.32 Å². The Labute approximate surface area is 64.7 Å². The van der Waals surface area contributed by atoms with Gasteiger partial charge in [-0.2, -0.15) is 0 Å². The third kappa shape index (κ3) is 2.58. The Morgan fingerprint density at radius 2 is 2.60 bits per heavy atom. The maximum absolute atomic E-state index is 10.3. The van der Waals surface area contributed by atoms with E-state index in [4.69, 9.17) is 4.18 Å². The van der Waals surface area contributed by atoms with Gasteiger partial charge in [0.15, 0.2) is 0 Å². The van der Waals surface area contributed by atoms with Crippen molar-refractivity contribution >= 4 is 18.0 Å². The van der Waals surface area contributed by atoms with Crippen molar-refractivity contribution in [3.8, 4) is 0 Å². The molecular formula is C6H11NO2S. The maximum Gasteiger partial charge on any atom is 0.314 e. The van der Waals surface area contributed by atoms with Crippen LogP contribution in [0.25, 0.3) is 0 Å². The van der Waals surface area contributed by atoms with Gasteiger partial charge in [0, 0.05) is 13.5 Å². The van der Waals surface area contributed by atoms with E-state index in [1.165, 1.54) is 19.0 Å². The molecular weight excluding hydrogens is 150 g/mol. The minimum atomic E-state index is -0.211. The zero-order valence-electron chi connectivity index (χ0n) is 5.92. The first-order valence-corrected chi connectivity index (χ1v) is 4.14. The number of hydrogen-bond donors (Lipinski definition) is 1. The van der Waals surface area contributed by atoms with E-state index in [0.717, 1.165) is 19.5 Å². The Morgan fingerprint density at radius 3 is 3.10 bits per heavy atom. The lowest BCUT2D eigenvalue weighted by atomic mass is 10.4. The monoisotopic (exact) mass is 161 g/mol. The fraction of sp³-hybridized carbons (Fsp3) is 0.833. The largest absolute Gasteiger partial charge is 0.391 e. The van der Waals surface area contributed by atoms with E-state index in [-0.39, 0.29) is 5.97 Å². The molecule has 1 N–H and O–H groups in total. The third-order valence-electron chi connectivity index (χ3n) is 1.32. The molecule has 4 heteroatoms. The average Bonchev–Trinajstić information content (AvgIpc) is 2.34. The summed E-state index contributed by atoms with van der Waals surface area (Å²) >= 11 is 1.28. The highest BCUT2D eigenvalue weighted by Crippen LogP contribution is 2.17. The average molecular weight is 161 g/mol. The number of rotatable bonds is 2.